The standard InChI is InChI=1S/C25H25FN2O7/c1-3-35-25(33)18-13-28-24(32)22(23(18)31)17(15-6-9-20(34-2)19(29)10-15)11-21(30)27-12-14-4-7-16(26)8-5-14/h4-10,13,17,29H,3,11-12H2,1-2H3,(H,27,30)(H2,28,31,32). The molecule has 0 spiro atoms. The number of halogens is 1. The van der Waals surface area contributed by atoms with Crippen LogP contribution >= 0.6 is 0 Å². The molecule has 9 nitrogen and oxygen atoms in total. The number of pyridine rings is 1. The zero-order valence-corrected chi connectivity index (χ0v) is 19.1. The van der Waals surface area contributed by atoms with Gasteiger partial charge in [-0.05, 0) is 42.3 Å². The number of phenolic OH excluding ortho intramolecular Hbond substituents is 1. The number of carbonyl (C=O) groups is 2. The van der Waals surface area contributed by atoms with Crippen molar-refractivity contribution in [2.24, 2.45) is 0 Å². The van der Waals surface area contributed by atoms with Gasteiger partial charge in [0.05, 0.1) is 19.3 Å². The van der Waals surface area contributed by atoms with Crippen molar-refractivity contribution in [3.8, 4) is 17.2 Å². The number of ether oxygens (including phenoxy) is 2. The molecule has 10 heteroatoms. The average Bonchev–Trinajstić information content (AvgIpc) is 2.83. The van der Waals surface area contributed by atoms with E-state index in [0.29, 0.717) is 11.1 Å². The van der Waals surface area contributed by atoms with Gasteiger partial charge in [0.25, 0.3) is 5.56 Å². The van der Waals surface area contributed by atoms with Crippen LogP contribution in [0, 0.1) is 5.82 Å². The van der Waals surface area contributed by atoms with Crippen LogP contribution in [0.4, 0.5) is 4.39 Å². The Kier molecular flexibility index (Phi) is 8.08. The van der Waals surface area contributed by atoms with E-state index in [1.165, 1.54) is 49.6 Å². The highest BCUT2D eigenvalue weighted by atomic mass is 19.1. The number of esters is 1. The molecule has 2 aromatic carbocycles. The lowest BCUT2D eigenvalue weighted by Crippen LogP contribution is -2.27. The number of hydrogen-bond acceptors (Lipinski definition) is 7. The molecule has 1 aromatic heterocycles. The van der Waals surface area contributed by atoms with E-state index >= 15 is 0 Å². The molecule has 1 heterocycles. The number of benzene rings is 2. The SMILES string of the molecule is CCOC(=O)c1c[nH]c(=O)c(C(CC(=O)NCc2ccc(F)cc2)c2ccc(OC)c(O)c2)c1O. The van der Waals surface area contributed by atoms with Crippen molar-refractivity contribution in [2.45, 2.75) is 25.8 Å². The van der Waals surface area contributed by atoms with Gasteiger partial charge < -0.3 is 30.0 Å². The fraction of sp³-hybridized carbons (Fsp3) is 0.240. The largest absolute Gasteiger partial charge is 0.506 e. The third-order valence-electron chi connectivity index (χ3n) is 5.34. The van der Waals surface area contributed by atoms with Gasteiger partial charge in [0.15, 0.2) is 11.5 Å². The van der Waals surface area contributed by atoms with Gasteiger partial charge >= 0.3 is 5.97 Å². The van der Waals surface area contributed by atoms with E-state index in [2.05, 4.69) is 10.3 Å². The number of nitrogens with one attached hydrogen (secondary N) is 2. The summed E-state index contributed by atoms with van der Waals surface area (Å²) in [5, 5.41) is 23.8. The minimum atomic E-state index is -1.04. The highest BCUT2D eigenvalue weighted by Crippen LogP contribution is 2.37. The van der Waals surface area contributed by atoms with Gasteiger partial charge in [-0.1, -0.05) is 18.2 Å². The van der Waals surface area contributed by atoms with Gasteiger partial charge in [0.1, 0.15) is 17.1 Å². The molecule has 184 valence electrons. The van der Waals surface area contributed by atoms with E-state index in [-0.39, 0.29) is 42.2 Å². The summed E-state index contributed by atoms with van der Waals surface area (Å²) in [4.78, 5) is 40.3. The maximum absolute atomic E-state index is 13.1. The smallest absolute Gasteiger partial charge is 0.343 e. The van der Waals surface area contributed by atoms with Crippen LogP contribution in [0.15, 0.2) is 53.5 Å². The molecule has 3 rings (SSSR count). The Bertz CT molecular complexity index is 1270. The molecule has 1 unspecified atom stereocenters. The normalized spacial score (nSPS) is 11.5. The second-order valence-electron chi connectivity index (χ2n) is 7.61. The van der Waals surface area contributed by atoms with Gasteiger partial charge in [-0.15, -0.1) is 0 Å². The fourth-order valence-electron chi connectivity index (χ4n) is 3.59. The van der Waals surface area contributed by atoms with Crippen molar-refractivity contribution >= 4 is 11.9 Å². The molecule has 1 amide bonds. The van der Waals surface area contributed by atoms with Gasteiger partial charge in [0.2, 0.25) is 5.91 Å². The minimum absolute atomic E-state index is 0.0499. The first-order chi connectivity index (χ1) is 16.7. The van der Waals surface area contributed by atoms with Crippen LogP contribution in [0.25, 0.3) is 0 Å². The highest BCUT2D eigenvalue weighted by Gasteiger charge is 2.28. The Morgan fingerprint density at radius 1 is 1.14 bits per heavy atom. The molecule has 1 atom stereocenters. The number of aromatic nitrogens is 1. The summed E-state index contributed by atoms with van der Waals surface area (Å²) in [5.74, 6) is -3.48. The van der Waals surface area contributed by atoms with Gasteiger partial charge in [-0.25, -0.2) is 9.18 Å². The summed E-state index contributed by atoms with van der Waals surface area (Å²) in [7, 11) is 1.37. The molecule has 3 aromatic rings. The molecule has 0 aliphatic rings. The van der Waals surface area contributed by atoms with Gasteiger partial charge in [0, 0.05) is 25.1 Å². The molecule has 0 fully saturated rings. The van der Waals surface area contributed by atoms with Crippen molar-refractivity contribution < 1.29 is 33.7 Å². The highest BCUT2D eigenvalue weighted by molar-refractivity contribution is 5.92. The topological polar surface area (TPSA) is 138 Å². The van der Waals surface area contributed by atoms with E-state index in [4.69, 9.17) is 9.47 Å². The van der Waals surface area contributed by atoms with Gasteiger partial charge in [-0.2, -0.15) is 0 Å². The number of aromatic hydroxyl groups is 2. The molecule has 0 bridgehead atoms. The summed E-state index contributed by atoms with van der Waals surface area (Å²) in [6, 6.07) is 9.88. The maximum atomic E-state index is 13.1. The lowest BCUT2D eigenvalue weighted by atomic mass is 9.87. The number of methoxy groups -OCH3 is 1. The maximum Gasteiger partial charge on any atom is 0.343 e. The summed E-state index contributed by atoms with van der Waals surface area (Å²) in [5.41, 5.74) is -0.249. The number of aromatic amines is 1. The Labute approximate surface area is 200 Å². The van der Waals surface area contributed by atoms with Crippen LogP contribution < -0.4 is 15.6 Å². The summed E-state index contributed by atoms with van der Waals surface area (Å²) in [6.45, 7) is 1.75. The number of phenols is 1. The van der Waals surface area contributed by atoms with Crippen molar-refractivity contribution in [3.05, 3.63) is 87.1 Å². The first-order valence-electron chi connectivity index (χ1n) is 10.7. The Morgan fingerprint density at radius 3 is 2.49 bits per heavy atom. The number of rotatable bonds is 9. The van der Waals surface area contributed by atoms with E-state index in [0.717, 1.165) is 6.20 Å². The molecule has 4 N–H and O–H groups in total. The van der Waals surface area contributed by atoms with Gasteiger partial charge in [-0.3, -0.25) is 9.59 Å². The lowest BCUT2D eigenvalue weighted by Gasteiger charge is -2.20. The zero-order valence-electron chi connectivity index (χ0n) is 19.1. The van der Waals surface area contributed by atoms with Crippen LogP contribution in [0.3, 0.4) is 0 Å². The molecular formula is C25H25FN2O7. The summed E-state index contributed by atoms with van der Waals surface area (Å²) >= 11 is 0. The monoisotopic (exact) mass is 484 g/mol. The van der Waals surface area contributed by atoms with Crippen molar-refractivity contribution in [3.63, 3.8) is 0 Å². The first-order valence-corrected chi connectivity index (χ1v) is 10.7. The molecule has 0 aliphatic heterocycles. The van der Waals surface area contributed by atoms with E-state index in [1.54, 1.807) is 6.92 Å². The zero-order chi connectivity index (χ0) is 25.5. The molecule has 0 aliphatic carbocycles. The third-order valence-corrected chi connectivity index (χ3v) is 5.34. The average molecular weight is 484 g/mol. The predicted molar refractivity (Wildman–Crippen MR) is 124 cm³/mol. The van der Waals surface area contributed by atoms with E-state index < -0.39 is 34.9 Å². The quantitative estimate of drug-likeness (QED) is 0.343. The van der Waals surface area contributed by atoms with Crippen LogP contribution in [0.5, 0.6) is 17.2 Å². The second-order valence-corrected chi connectivity index (χ2v) is 7.61. The van der Waals surface area contributed by atoms with Crippen LogP contribution in [0.1, 0.15) is 46.3 Å². The van der Waals surface area contributed by atoms with Crippen molar-refractivity contribution in [2.75, 3.05) is 13.7 Å². The minimum Gasteiger partial charge on any atom is -0.506 e. The first kappa shape index (κ1) is 25.3. The molecule has 35 heavy (non-hydrogen) atoms. The van der Waals surface area contributed by atoms with E-state index in [1.807, 2.05) is 0 Å². The number of carbonyl (C=O) groups excluding carboxylic acids is 2. The third kappa shape index (κ3) is 5.97. The fourth-order valence-corrected chi connectivity index (χ4v) is 3.59. The summed E-state index contributed by atoms with van der Waals surface area (Å²) in [6.07, 6.45) is 0.728. The Balaban J connectivity index is 1.99. The number of hydrogen-bond donors (Lipinski definition) is 4. The van der Waals surface area contributed by atoms with Crippen LogP contribution in [-0.4, -0.2) is 40.8 Å². The lowest BCUT2D eigenvalue weighted by molar-refractivity contribution is -0.121. The molecule has 0 saturated carbocycles. The molecule has 0 radical (unpaired) electrons. The Hall–Kier alpha value is -4.34. The van der Waals surface area contributed by atoms with Crippen molar-refractivity contribution in [1.29, 1.82) is 0 Å². The molecular weight excluding hydrogens is 459 g/mol. The molecule has 0 saturated heterocycles. The Morgan fingerprint density at radius 2 is 1.86 bits per heavy atom. The van der Waals surface area contributed by atoms with Crippen molar-refractivity contribution in [1.82, 2.24) is 10.3 Å². The van der Waals surface area contributed by atoms with E-state index in [9.17, 15) is 29.0 Å². The summed E-state index contributed by atoms with van der Waals surface area (Å²) < 4.78 is 23.1. The number of H-pyrrole nitrogens is 1. The number of amides is 1. The second kappa shape index (κ2) is 11.2. The van der Waals surface area contributed by atoms with Crippen LogP contribution in [0.2, 0.25) is 0 Å². The predicted octanol–water partition coefficient (Wildman–Crippen LogP) is 2.95. The van der Waals surface area contributed by atoms with Crippen LogP contribution in [-0.2, 0) is 16.1 Å².